The lowest BCUT2D eigenvalue weighted by Crippen LogP contribution is -2.52. The summed E-state index contributed by atoms with van der Waals surface area (Å²) in [7, 11) is -4.62. The van der Waals surface area contributed by atoms with Crippen LogP contribution in [0.25, 0.3) is 0 Å². The maximum Gasteiger partial charge on any atom is 0.333 e. The average Bonchev–Trinajstić information content (AvgIpc) is 2.95. The van der Waals surface area contributed by atoms with Crippen LogP contribution in [0.3, 0.4) is 0 Å². The first-order valence-corrected chi connectivity index (χ1v) is 9.23. The summed E-state index contributed by atoms with van der Waals surface area (Å²) in [4.78, 5) is 32.2. The largest absolute Gasteiger partial charge is 0.481 e. The Morgan fingerprint density at radius 3 is 2.18 bits per heavy atom. The molecule has 0 amide bonds. The first kappa shape index (κ1) is 17.2. The third kappa shape index (κ3) is 2.62. The molecule has 5 nitrogen and oxygen atoms in total. The zero-order chi connectivity index (χ0) is 16.4. The SMILES string of the molecule is CCC(Cc1ccccc1)(C1(C(=O)O)CCCC1)P(=O)(O)O. The highest BCUT2D eigenvalue weighted by molar-refractivity contribution is 7.53. The summed E-state index contributed by atoms with van der Waals surface area (Å²) >= 11 is 0. The molecule has 1 unspecified atom stereocenters. The van der Waals surface area contributed by atoms with Gasteiger partial charge in [-0.1, -0.05) is 50.1 Å². The van der Waals surface area contributed by atoms with Crippen molar-refractivity contribution in [3.63, 3.8) is 0 Å². The van der Waals surface area contributed by atoms with Gasteiger partial charge in [-0.3, -0.25) is 9.36 Å². The van der Waals surface area contributed by atoms with E-state index in [-0.39, 0.29) is 12.8 Å². The summed E-state index contributed by atoms with van der Waals surface area (Å²) in [6.07, 6.45) is 2.27. The van der Waals surface area contributed by atoms with Gasteiger partial charge in [0.15, 0.2) is 0 Å². The van der Waals surface area contributed by atoms with Gasteiger partial charge in [-0.15, -0.1) is 0 Å². The van der Waals surface area contributed by atoms with Gasteiger partial charge in [0.05, 0.1) is 10.6 Å². The Bertz CT molecular complexity index is 573. The molecule has 6 heteroatoms. The Morgan fingerprint density at radius 1 is 1.23 bits per heavy atom. The fourth-order valence-electron chi connectivity index (χ4n) is 4.01. The van der Waals surface area contributed by atoms with Crippen LogP contribution >= 0.6 is 7.60 Å². The molecule has 1 aromatic carbocycles. The Morgan fingerprint density at radius 2 is 1.77 bits per heavy atom. The summed E-state index contributed by atoms with van der Waals surface area (Å²) in [5, 5.41) is 8.28. The summed E-state index contributed by atoms with van der Waals surface area (Å²) in [5.41, 5.74) is -0.587. The zero-order valence-electron chi connectivity index (χ0n) is 12.7. The standard InChI is InChI=1S/C16H23O5P/c1-2-16(22(19,20)21,12-13-8-4-3-5-9-13)15(14(17)18)10-6-7-11-15/h3-5,8-9H,2,6-7,10-12H2,1H3,(H,17,18)(H2,19,20,21). The van der Waals surface area contributed by atoms with Gasteiger partial charge in [0.25, 0.3) is 0 Å². The highest BCUT2D eigenvalue weighted by Gasteiger charge is 2.64. The van der Waals surface area contributed by atoms with E-state index in [2.05, 4.69) is 0 Å². The van der Waals surface area contributed by atoms with Gasteiger partial charge < -0.3 is 14.9 Å². The molecule has 1 aromatic rings. The number of benzene rings is 1. The average molecular weight is 326 g/mol. The normalized spacial score (nSPS) is 20.5. The number of hydrogen-bond acceptors (Lipinski definition) is 2. The molecule has 1 saturated carbocycles. The molecule has 0 radical (unpaired) electrons. The van der Waals surface area contributed by atoms with Crippen LogP contribution in [0.15, 0.2) is 30.3 Å². The fraction of sp³-hybridized carbons (Fsp3) is 0.562. The third-order valence-electron chi connectivity index (χ3n) is 5.24. The quantitative estimate of drug-likeness (QED) is 0.698. The smallest absolute Gasteiger partial charge is 0.333 e. The van der Waals surface area contributed by atoms with Crippen molar-refractivity contribution in [3.05, 3.63) is 35.9 Å². The van der Waals surface area contributed by atoms with E-state index in [9.17, 15) is 24.3 Å². The first-order chi connectivity index (χ1) is 10.3. The highest BCUT2D eigenvalue weighted by Crippen LogP contribution is 2.67. The van der Waals surface area contributed by atoms with Crippen LogP contribution in [0.4, 0.5) is 0 Å². The van der Waals surface area contributed by atoms with E-state index in [1.54, 1.807) is 31.2 Å². The van der Waals surface area contributed by atoms with Gasteiger partial charge in [0, 0.05) is 0 Å². The van der Waals surface area contributed by atoms with Gasteiger partial charge in [-0.2, -0.15) is 0 Å². The van der Waals surface area contributed by atoms with Gasteiger partial charge >= 0.3 is 13.6 Å². The Labute approximate surface area is 130 Å². The van der Waals surface area contributed by atoms with Crippen molar-refractivity contribution in [2.45, 2.75) is 50.6 Å². The second-order valence-electron chi connectivity index (χ2n) is 6.19. The molecule has 0 bridgehead atoms. The van der Waals surface area contributed by atoms with E-state index in [1.807, 2.05) is 6.07 Å². The predicted molar refractivity (Wildman–Crippen MR) is 83.7 cm³/mol. The molecule has 0 aliphatic heterocycles. The lowest BCUT2D eigenvalue weighted by atomic mass is 9.69. The van der Waals surface area contributed by atoms with Crippen molar-refractivity contribution >= 4 is 13.6 Å². The molecule has 0 aromatic heterocycles. The summed E-state index contributed by atoms with van der Waals surface area (Å²) in [5.74, 6) is -1.08. The van der Waals surface area contributed by atoms with Crippen molar-refractivity contribution in [3.8, 4) is 0 Å². The lowest BCUT2D eigenvalue weighted by molar-refractivity contribution is -0.151. The number of carbonyl (C=O) groups is 1. The van der Waals surface area contributed by atoms with Crippen LogP contribution in [0, 0.1) is 5.41 Å². The maximum atomic E-state index is 12.4. The maximum absolute atomic E-state index is 12.4. The molecule has 0 heterocycles. The minimum atomic E-state index is -4.62. The van der Waals surface area contributed by atoms with Crippen molar-refractivity contribution in [2.24, 2.45) is 5.41 Å². The predicted octanol–water partition coefficient (Wildman–Crippen LogP) is 3.20. The van der Waals surface area contributed by atoms with E-state index in [0.29, 0.717) is 25.7 Å². The summed E-state index contributed by atoms with van der Waals surface area (Å²) in [6, 6.07) is 9.03. The van der Waals surface area contributed by atoms with E-state index in [0.717, 1.165) is 5.56 Å². The molecule has 122 valence electrons. The van der Waals surface area contributed by atoms with Crippen LogP contribution in [-0.2, 0) is 15.8 Å². The molecule has 22 heavy (non-hydrogen) atoms. The lowest BCUT2D eigenvalue weighted by Gasteiger charge is -2.46. The van der Waals surface area contributed by atoms with Crippen molar-refractivity contribution in [1.82, 2.24) is 0 Å². The topological polar surface area (TPSA) is 94.8 Å². The van der Waals surface area contributed by atoms with Gasteiger partial charge in [0.2, 0.25) is 0 Å². The number of carboxylic acid groups (broad SMARTS) is 1. The summed E-state index contributed by atoms with van der Waals surface area (Å²) < 4.78 is 12.4. The van der Waals surface area contributed by atoms with Crippen LogP contribution in [0.2, 0.25) is 0 Å². The molecule has 1 atom stereocenters. The summed E-state index contributed by atoms with van der Waals surface area (Å²) in [6.45, 7) is 1.69. The van der Waals surface area contributed by atoms with Crippen LogP contribution in [-0.4, -0.2) is 26.0 Å². The number of carboxylic acids is 1. The monoisotopic (exact) mass is 326 g/mol. The molecule has 2 rings (SSSR count). The van der Waals surface area contributed by atoms with Crippen molar-refractivity contribution in [2.75, 3.05) is 0 Å². The molecule has 1 aliphatic carbocycles. The number of rotatable bonds is 6. The van der Waals surface area contributed by atoms with Gasteiger partial charge in [-0.05, 0) is 31.2 Å². The van der Waals surface area contributed by atoms with Crippen LogP contribution in [0.5, 0.6) is 0 Å². The van der Waals surface area contributed by atoms with E-state index >= 15 is 0 Å². The second-order valence-corrected chi connectivity index (χ2v) is 8.13. The third-order valence-corrected chi connectivity index (χ3v) is 7.26. The Kier molecular flexibility index (Phi) is 4.81. The Hall–Kier alpha value is -1.16. The minimum absolute atomic E-state index is 0.0842. The zero-order valence-corrected chi connectivity index (χ0v) is 13.6. The van der Waals surface area contributed by atoms with E-state index in [1.165, 1.54) is 0 Å². The molecular formula is C16H23O5P. The van der Waals surface area contributed by atoms with Crippen molar-refractivity contribution in [1.29, 1.82) is 0 Å². The van der Waals surface area contributed by atoms with E-state index < -0.39 is 24.1 Å². The highest BCUT2D eigenvalue weighted by atomic mass is 31.2. The molecule has 1 fully saturated rings. The molecule has 1 aliphatic rings. The number of aliphatic carboxylic acids is 1. The van der Waals surface area contributed by atoms with Gasteiger partial charge in [-0.25, -0.2) is 0 Å². The van der Waals surface area contributed by atoms with E-state index in [4.69, 9.17) is 0 Å². The molecular weight excluding hydrogens is 303 g/mol. The number of hydrogen-bond donors (Lipinski definition) is 3. The molecule has 3 N–H and O–H groups in total. The van der Waals surface area contributed by atoms with Gasteiger partial charge in [0.1, 0.15) is 0 Å². The molecule has 0 spiro atoms. The fourth-order valence-corrected chi connectivity index (χ4v) is 5.69. The van der Waals surface area contributed by atoms with Crippen molar-refractivity contribution < 1.29 is 24.3 Å². The first-order valence-electron chi connectivity index (χ1n) is 7.62. The van der Waals surface area contributed by atoms with Crippen LogP contribution in [0.1, 0.15) is 44.6 Å². The Balaban J connectivity index is 2.59. The minimum Gasteiger partial charge on any atom is -0.481 e. The second kappa shape index (κ2) is 6.15. The molecule has 0 saturated heterocycles. The van der Waals surface area contributed by atoms with Crippen LogP contribution < -0.4 is 0 Å².